The highest BCUT2D eigenvalue weighted by Gasteiger charge is 2.29. The Balaban J connectivity index is 1.75. The molecular weight excluding hydrogens is 304 g/mol. The number of aryl methyl sites for hydroxylation is 1. The van der Waals surface area contributed by atoms with Crippen LogP contribution in [0.5, 0.6) is 5.75 Å². The van der Waals surface area contributed by atoms with Gasteiger partial charge >= 0.3 is 0 Å². The summed E-state index contributed by atoms with van der Waals surface area (Å²) in [6.07, 6.45) is -0.511. The van der Waals surface area contributed by atoms with Crippen molar-refractivity contribution < 1.29 is 14.3 Å². The second kappa shape index (κ2) is 6.35. The lowest BCUT2D eigenvalue weighted by atomic mass is 10.1. The number of rotatable bonds is 3. The van der Waals surface area contributed by atoms with Crippen LogP contribution in [-0.2, 0) is 11.3 Å². The fraction of sp³-hybridized carbons (Fsp3) is 0.263. The fourth-order valence-electron chi connectivity index (χ4n) is 2.76. The topological polar surface area (TPSA) is 58.6 Å². The lowest BCUT2D eigenvalue weighted by Crippen LogP contribution is -2.42. The molecule has 0 saturated heterocycles. The van der Waals surface area contributed by atoms with Gasteiger partial charge in [-0.25, -0.2) is 0 Å². The molecule has 1 N–H and O–H groups in total. The first-order chi connectivity index (χ1) is 11.5. The van der Waals surface area contributed by atoms with Gasteiger partial charge in [-0.1, -0.05) is 29.8 Å². The number of nitrogens with one attached hydrogen (secondary N) is 1. The van der Waals surface area contributed by atoms with E-state index in [2.05, 4.69) is 5.32 Å². The van der Waals surface area contributed by atoms with Crippen LogP contribution in [0.1, 0.15) is 28.4 Å². The number of amides is 2. The minimum Gasteiger partial charge on any atom is -0.479 e. The Bertz CT molecular complexity index is 801. The maximum Gasteiger partial charge on any atom is 0.267 e. The first kappa shape index (κ1) is 16.1. The zero-order valence-electron chi connectivity index (χ0n) is 14.0. The van der Waals surface area contributed by atoms with E-state index >= 15 is 0 Å². The number of carbonyl (C=O) groups excluding carboxylic acids is 2. The van der Waals surface area contributed by atoms with E-state index in [1.807, 2.05) is 31.2 Å². The minimum absolute atomic E-state index is 0.125. The molecule has 1 aliphatic heterocycles. The zero-order valence-corrected chi connectivity index (χ0v) is 14.0. The summed E-state index contributed by atoms with van der Waals surface area (Å²) in [7, 11) is 1.69. The molecule has 2 aromatic carbocycles. The van der Waals surface area contributed by atoms with Gasteiger partial charge in [-0.2, -0.15) is 0 Å². The molecular formula is C19H20N2O3. The normalized spacial score (nSPS) is 16.4. The number of anilines is 1. The molecule has 24 heavy (non-hydrogen) atoms. The third-order valence-electron chi connectivity index (χ3n) is 4.10. The van der Waals surface area contributed by atoms with Crippen LogP contribution in [0, 0.1) is 6.92 Å². The smallest absolute Gasteiger partial charge is 0.267 e. The summed E-state index contributed by atoms with van der Waals surface area (Å²) in [6.45, 7) is 4.19. The van der Waals surface area contributed by atoms with Crippen LogP contribution < -0.4 is 15.0 Å². The van der Waals surface area contributed by atoms with E-state index in [-0.39, 0.29) is 11.8 Å². The van der Waals surface area contributed by atoms with Gasteiger partial charge in [0.2, 0.25) is 0 Å². The summed E-state index contributed by atoms with van der Waals surface area (Å²) < 4.78 is 5.57. The van der Waals surface area contributed by atoms with E-state index in [0.717, 1.165) is 11.1 Å². The van der Waals surface area contributed by atoms with Crippen LogP contribution in [0.2, 0.25) is 0 Å². The standard InChI is InChI=1S/C19H20N2O3/c1-12-5-4-6-14(9-12)11-20-18(22)15-7-8-17-16(10-15)21(3)19(23)13(2)24-17/h4-10,13H,11H2,1-3H3,(H,20,22). The molecule has 0 fully saturated rings. The summed E-state index contributed by atoms with van der Waals surface area (Å²) in [4.78, 5) is 25.9. The number of hydrogen-bond acceptors (Lipinski definition) is 3. The SMILES string of the molecule is Cc1cccc(CNC(=O)c2ccc3c(c2)N(C)C(=O)C(C)O3)c1. The van der Waals surface area contributed by atoms with Crippen LogP contribution in [0.4, 0.5) is 5.69 Å². The van der Waals surface area contributed by atoms with Crippen molar-refractivity contribution in [1.29, 1.82) is 0 Å². The first-order valence-electron chi connectivity index (χ1n) is 7.88. The van der Waals surface area contributed by atoms with Crippen molar-refractivity contribution in [3.05, 3.63) is 59.2 Å². The lowest BCUT2D eigenvalue weighted by molar-refractivity contribution is -0.125. The number of benzene rings is 2. The minimum atomic E-state index is -0.511. The number of ether oxygens (including phenoxy) is 1. The number of carbonyl (C=O) groups is 2. The van der Waals surface area contributed by atoms with Crippen LogP contribution in [0.25, 0.3) is 0 Å². The van der Waals surface area contributed by atoms with Crippen LogP contribution in [-0.4, -0.2) is 25.0 Å². The van der Waals surface area contributed by atoms with Gasteiger partial charge in [0.15, 0.2) is 6.10 Å². The van der Waals surface area contributed by atoms with Gasteiger partial charge < -0.3 is 15.0 Å². The molecule has 5 nitrogen and oxygen atoms in total. The molecule has 0 bridgehead atoms. The Morgan fingerprint density at radius 3 is 2.79 bits per heavy atom. The maximum absolute atomic E-state index is 12.4. The summed E-state index contributed by atoms with van der Waals surface area (Å²) in [5.41, 5.74) is 3.31. The quantitative estimate of drug-likeness (QED) is 0.944. The Hall–Kier alpha value is -2.82. The van der Waals surface area contributed by atoms with Gasteiger partial charge in [-0.3, -0.25) is 9.59 Å². The average molecular weight is 324 g/mol. The van der Waals surface area contributed by atoms with Crippen molar-refractivity contribution in [2.75, 3.05) is 11.9 Å². The monoisotopic (exact) mass is 324 g/mol. The highest BCUT2D eigenvalue weighted by Crippen LogP contribution is 2.33. The third kappa shape index (κ3) is 3.11. The number of hydrogen-bond donors (Lipinski definition) is 1. The molecule has 1 unspecified atom stereocenters. The Morgan fingerprint density at radius 2 is 2.04 bits per heavy atom. The van der Waals surface area contributed by atoms with E-state index < -0.39 is 6.10 Å². The average Bonchev–Trinajstić information content (AvgIpc) is 2.57. The first-order valence-corrected chi connectivity index (χ1v) is 7.88. The summed E-state index contributed by atoms with van der Waals surface area (Å²) in [5, 5.41) is 2.90. The van der Waals surface area contributed by atoms with Gasteiger partial charge in [-0.15, -0.1) is 0 Å². The largest absolute Gasteiger partial charge is 0.479 e. The summed E-state index contributed by atoms with van der Waals surface area (Å²) in [6, 6.07) is 13.1. The van der Waals surface area contributed by atoms with Gasteiger partial charge in [0.1, 0.15) is 5.75 Å². The van der Waals surface area contributed by atoms with Crippen molar-refractivity contribution in [2.45, 2.75) is 26.5 Å². The van der Waals surface area contributed by atoms with Gasteiger partial charge in [-0.05, 0) is 37.6 Å². The predicted molar refractivity (Wildman–Crippen MR) is 92.3 cm³/mol. The maximum atomic E-state index is 12.4. The molecule has 3 rings (SSSR count). The molecule has 2 aromatic rings. The van der Waals surface area contributed by atoms with Gasteiger partial charge in [0.25, 0.3) is 11.8 Å². The Kier molecular flexibility index (Phi) is 4.25. The molecule has 1 heterocycles. The van der Waals surface area contributed by atoms with Gasteiger partial charge in [0, 0.05) is 19.2 Å². The van der Waals surface area contributed by atoms with Crippen LogP contribution >= 0.6 is 0 Å². The van der Waals surface area contributed by atoms with E-state index in [1.54, 1.807) is 32.2 Å². The number of nitrogens with zero attached hydrogens (tertiary/aromatic N) is 1. The molecule has 2 amide bonds. The highest BCUT2D eigenvalue weighted by molar-refractivity contribution is 6.02. The molecule has 124 valence electrons. The zero-order chi connectivity index (χ0) is 17.3. The second-order valence-corrected chi connectivity index (χ2v) is 6.01. The third-order valence-corrected chi connectivity index (χ3v) is 4.10. The molecule has 0 aromatic heterocycles. The van der Waals surface area contributed by atoms with Gasteiger partial charge in [0.05, 0.1) is 5.69 Å². The Morgan fingerprint density at radius 1 is 1.25 bits per heavy atom. The Labute approximate surface area is 141 Å². The van der Waals surface area contributed by atoms with E-state index in [9.17, 15) is 9.59 Å². The molecule has 0 radical (unpaired) electrons. The highest BCUT2D eigenvalue weighted by atomic mass is 16.5. The number of likely N-dealkylation sites (N-methyl/N-ethyl adjacent to an activating group) is 1. The second-order valence-electron chi connectivity index (χ2n) is 6.01. The van der Waals surface area contributed by atoms with Crippen molar-refractivity contribution in [2.24, 2.45) is 0 Å². The van der Waals surface area contributed by atoms with Crippen molar-refractivity contribution >= 4 is 17.5 Å². The van der Waals surface area contributed by atoms with Crippen molar-refractivity contribution in [1.82, 2.24) is 5.32 Å². The lowest BCUT2D eigenvalue weighted by Gasteiger charge is -2.30. The van der Waals surface area contributed by atoms with E-state index in [4.69, 9.17) is 4.74 Å². The molecule has 1 aliphatic rings. The van der Waals surface area contributed by atoms with E-state index in [1.165, 1.54) is 4.90 Å². The van der Waals surface area contributed by atoms with Crippen molar-refractivity contribution in [3.8, 4) is 5.75 Å². The van der Waals surface area contributed by atoms with E-state index in [0.29, 0.717) is 23.5 Å². The summed E-state index contributed by atoms with van der Waals surface area (Å²) in [5.74, 6) is 0.304. The number of fused-ring (bicyclic) bond motifs is 1. The molecule has 5 heteroatoms. The molecule has 0 aliphatic carbocycles. The summed E-state index contributed by atoms with van der Waals surface area (Å²) >= 11 is 0. The van der Waals surface area contributed by atoms with Crippen LogP contribution in [0.3, 0.4) is 0 Å². The predicted octanol–water partition coefficient (Wildman–Crippen LogP) is 2.67. The molecule has 0 saturated carbocycles. The molecule has 0 spiro atoms. The van der Waals surface area contributed by atoms with Crippen LogP contribution in [0.15, 0.2) is 42.5 Å². The van der Waals surface area contributed by atoms with Crippen molar-refractivity contribution in [3.63, 3.8) is 0 Å². The molecule has 1 atom stereocenters. The fourth-order valence-corrected chi connectivity index (χ4v) is 2.76.